The van der Waals surface area contributed by atoms with Gasteiger partial charge in [0.05, 0.1) is 17.5 Å². The number of nitrogens with one attached hydrogen (secondary N) is 1. The van der Waals surface area contributed by atoms with Gasteiger partial charge in [-0.15, -0.1) is 0 Å². The lowest BCUT2D eigenvalue weighted by atomic mass is 10.2. The monoisotopic (exact) mass is 308 g/mol. The van der Waals surface area contributed by atoms with Crippen LogP contribution < -0.4 is 10.1 Å². The van der Waals surface area contributed by atoms with E-state index in [2.05, 4.69) is 10.3 Å². The zero-order valence-corrected chi connectivity index (χ0v) is 12.9. The lowest BCUT2D eigenvalue weighted by Gasteiger charge is -2.16. The number of ether oxygens (including phenoxy) is 1. The molecule has 0 bridgehead atoms. The molecule has 23 heavy (non-hydrogen) atoms. The van der Waals surface area contributed by atoms with Gasteiger partial charge in [0.1, 0.15) is 5.75 Å². The predicted octanol–water partition coefficient (Wildman–Crippen LogP) is 4.05. The molecule has 1 aliphatic rings. The summed E-state index contributed by atoms with van der Waals surface area (Å²) in [6.07, 6.45) is 9.73. The second-order valence-corrected chi connectivity index (χ2v) is 5.60. The van der Waals surface area contributed by atoms with Gasteiger partial charge in [-0.2, -0.15) is 0 Å². The van der Waals surface area contributed by atoms with Gasteiger partial charge in [0, 0.05) is 12.3 Å². The van der Waals surface area contributed by atoms with Crippen molar-refractivity contribution in [2.24, 2.45) is 0 Å². The second-order valence-electron chi connectivity index (χ2n) is 5.60. The van der Waals surface area contributed by atoms with Gasteiger partial charge in [0.25, 0.3) is 0 Å². The third-order valence-electron chi connectivity index (χ3n) is 3.83. The van der Waals surface area contributed by atoms with Crippen molar-refractivity contribution in [2.45, 2.75) is 31.8 Å². The van der Waals surface area contributed by atoms with Gasteiger partial charge in [-0.3, -0.25) is 9.78 Å². The maximum atomic E-state index is 12.1. The minimum absolute atomic E-state index is 0.196. The summed E-state index contributed by atoms with van der Waals surface area (Å²) in [7, 11) is 0. The van der Waals surface area contributed by atoms with Crippen LogP contribution in [0.4, 0.5) is 5.69 Å². The standard InChI is InChI=1S/C19H20N2O2/c22-19(13-12-15-7-5-6-14-20-15)21-17-10-3-4-11-18(17)23-16-8-1-2-9-16/h3-7,10-14,16H,1-2,8-9H2,(H,21,22)/b13-12+. The number of nitrogens with zero attached hydrogens (tertiary/aromatic N) is 1. The Morgan fingerprint density at radius 1 is 1.13 bits per heavy atom. The average Bonchev–Trinajstić information content (AvgIpc) is 3.09. The largest absolute Gasteiger partial charge is 0.488 e. The van der Waals surface area contributed by atoms with Crippen molar-refractivity contribution in [3.63, 3.8) is 0 Å². The number of para-hydroxylation sites is 2. The van der Waals surface area contributed by atoms with Crippen molar-refractivity contribution < 1.29 is 9.53 Å². The van der Waals surface area contributed by atoms with Gasteiger partial charge in [-0.25, -0.2) is 0 Å². The Bertz CT molecular complexity index is 677. The molecule has 1 fully saturated rings. The minimum Gasteiger partial charge on any atom is -0.488 e. The van der Waals surface area contributed by atoms with Crippen molar-refractivity contribution in [1.29, 1.82) is 0 Å². The van der Waals surface area contributed by atoms with Crippen LogP contribution in [-0.2, 0) is 4.79 Å². The fourth-order valence-corrected chi connectivity index (χ4v) is 2.67. The van der Waals surface area contributed by atoms with Crippen LogP contribution in [0.25, 0.3) is 6.08 Å². The zero-order chi connectivity index (χ0) is 15.9. The van der Waals surface area contributed by atoms with Crippen molar-refractivity contribution in [3.8, 4) is 5.75 Å². The van der Waals surface area contributed by atoms with E-state index >= 15 is 0 Å². The van der Waals surface area contributed by atoms with E-state index < -0.39 is 0 Å². The second kappa shape index (κ2) is 7.58. The average molecular weight is 308 g/mol. The smallest absolute Gasteiger partial charge is 0.248 e. The van der Waals surface area contributed by atoms with Gasteiger partial charge in [0.2, 0.25) is 5.91 Å². The number of carbonyl (C=O) groups excluding carboxylic acids is 1. The molecule has 0 aliphatic heterocycles. The van der Waals surface area contributed by atoms with Gasteiger partial charge >= 0.3 is 0 Å². The summed E-state index contributed by atoms with van der Waals surface area (Å²) in [5, 5.41) is 2.88. The van der Waals surface area contributed by atoms with E-state index in [4.69, 9.17) is 4.74 Å². The summed E-state index contributed by atoms with van der Waals surface area (Å²) in [6.45, 7) is 0. The first-order valence-electron chi connectivity index (χ1n) is 7.97. The Hall–Kier alpha value is -2.62. The summed E-state index contributed by atoms with van der Waals surface area (Å²) in [4.78, 5) is 16.2. The Morgan fingerprint density at radius 3 is 2.70 bits per heavy atom. The molecule has 1 saturated carbocycles. The fourth-order valence-electron chi connectivity index (χ4n) is 2.67. The Labute approximate surface area is 136 Å². The van der Waals surface area contributed by atoms with Crippen molar-refractivity contribution >= 4 is 17.7 Å². The van der Waals surface area contributed by atoms with E-state index in [0.29, 0.717) is 5.69 Å². The predicted molar refractivity (Wildman–Crippen MR) is 91.2 cm³/mol. The molecule has 3 rings (SSSR count). The highest BCUT2D eigenvalue weighted by molar-refractivity contribution is 6.02. The molecule has 2 aromatic rings. The molecule has 0 spiro atoms. The van der Waals surface area contributed by atoms with Crippen LogP contribution in [0.1, 0.15) is 31.4 Å². The van der Waals surface area contributed by atoms with E-state index in [0.717, 1.165) is 24.3 Å². The molecule has 4 nitrogen and oxygen atoms in total. The highest BCUT2D eigenvalue weighted by atomic mass is 16.5. The molecular formula is C19H20N2O2. The number of hydrogen-bond donors (Lipinski definition) is 1. The number of carbonyl (C=O) groups is 1. The van der Waals surface area contributed by atoms with Crippen LogP contribution >= 0.6 is 0 Å². The van der Waals surface area contributed by atoms with Crippen molar-refractivity contribution in [2.75, 3.05) is 5.32 Å². The van der Waals surface area contributed by atoms with E-state index in [9.17, 15) is 4.79 Å². The number of hydrogen-bond acceptors (Lipinski definition) is 3. The summed E-state index contributed by atoms with van der Waals surface area (Å²) in [6, 6.07) is 13.1. The van der Waals surface area contributed by atoms with Gasteiger partial charge < -0.3 is 10.1 Å². The van der Waals surface area contributed by atoms with E-state index in [1.54, 1.807) is 12.3 Å². The van der Waals surface area contributed by atoms with E-state index in [1.807, 2.05) is 42.5 Å². The number of benzene rings is 1. The maximum absolute atomic E-state index is 12.1. The zero-order valence-electron chi connectivity index (χ0n) is 12.9. The Morgan fingerprint density at radius 2 is 1.91 bits per heavy atom. The minimum atomic E-state index is -0.196. The number of rotatable bonds is 5. The lowest BCUT2D eigenvalue weighted by Crippen LogP contribution is -2.14. The van der Waals surface area contributed by atoms with Gasteiger partial charge in [-0.05, 0) is 56.0 Å². The number of anilines is 1. The molecule has 0 saturated heterocycles. The van der Waals surface area contributed by atoms with E-state index in [1.165, 1.54) is 18.9 Å². The molecule has 1 N–H and O–H groups in total. The highest BCUT2D eigenvalue weighted by Crippen LogP contribution is 2.29. The van der Waals surface area contributed by atoms with Crippen LogP contribution in [0.3, 0.4) is 0 Å². The van der Waals surface area contributed by atoms with Crippen molar-refractivity contribution in [1.82, 2.24) is 4.98 Å². The molecule has 0 atom stereocenters. The molecular weight excluding hydrogens is 288 g/mol. The highest BCUT2D eigenvalue weighted by Gasteiger charge is 2.18. The van der Waals surface area contributed by atoms with Crippen LogP contribution in [0, 0.1) is 0 Å². The molecule has 1 aromatic carbocycles. The first kappa shape index (κ1) is 15.3. The molecule has 4 heteroatoms. The van der Waals surface area contributed by atoms with E-state index in [-0.39, 0.29) is 12.0 Å². The van der Waals surface area contributed by atoms with Crippen LogP contribution in [0.2, 0.25) is 0 Å². The first-order chi connectivity index (χ1) is 11.3. The summed E-state index contributed by atoms with van der Waals surface area (Å²) >= 11 is 0. The van der Waals surface area contributed by atoms with Crippen molar-refractivity contribution in [3.05, 3.63) is 60.4 Å². The topological polar surface area (TPSA) is 51.2 Å². The molecule has 1 amide bonds. The van der Waals surface area contributed by atoms with Gasteiger partial charge in [-0.1, -0.05) is 18.2 Å². The Kier molecular flexibility index (Phi) is 5.04. The normalized spacial score (nSPS) is 15.0. The molecule has 1 aliphatic carbocycles. The quantitative estimate of drug-likeness (QED) is 0.848. The molecule has 0 unspecified atom stereocenters. The maximum Gasteiger partial charge on any atom is 0.248 e. The molecule has 1 aromatic heterocycles. The summed E-state index contributed by atoms with van der Waals surface area (Å²) < 4.78 is 6.02. The number of aromatic nitrogens is 1. The Balaban J connectivity index is 1.65. The number of pyridine rings is 1. The first-order valence-corrected chi connectivity index (χ1v) is 7.97. The SMILES string of the molecule is O=C(/C=C/c1ccccn1)Nc1ccccc1OC1CCCC1. The third-order valence-corrected chi connectivity index (χ3v) is 3.83. The van der Waals surface area contributed by atoms with Crippen LogP contribution in [0.5, 0.6) is 5.75 Å². The summed E-state index contributed by atoms with van der Waals surface area (Å²) in [5.41, 5.74) is 1.45. The lowest BCUT2D eigenvalue weighted by molar-refractivity contribution is -0.111. The van der Waals surface area contributed by atoms with Crippen LogP contribution in [-0.4, -0.2) is 17.0 Å². The number of amides is 1. The molecule has 118 valence electrons. The molecule has 1 heterocycles. The third kappa shape index (κ3) is 4.42. The summed E-state index contributed by atoms with van der Waals surface area (Å²) in [5.74, 6) is 0.539. The van der Waals surface area contributed by atoms with Crippen LogP contribution in [0.15, 0.2) is 54.7 Å². The van der Waals surface area contributed by atoms with Gasteiger partial charge in [0.15, 0.2) is 0 Å². The molecule has 0 radical (unpaired) electrons. The fraction of sp³-hybridized carbons (Fsp3) is 0.263.